The molecule has 186 valence electrons. The molecule has 6 rings (SSSR count). The van der Waals surface area contributed by atoms with Crippen molar-refractivity contribution in [2.24, 2.45) is 0 Å². The summed E-state index contributed by atoms with van der Waals surface area (Å²) in [7, 11) is 0.647. The number of benzene rings is 1. The third-order valence-electron chi connectivity index (χ3n) is 6.88. The molecule has 3 aromatic heterocycles. The van der Waals surface area contributed by atoms with Gasteiger partial charge in [0.2, 0.25) is 0 Å². The summed E-state index contributed by atoms with van der Waals surface area (Å²) in [5, 5.41) is 8.40. The van der Waals surface area contributed by atoms with Crippen LogP contribution in [-0.4, -0.2) is 54.8 Å². The van der Waals surface area contributed by atoms with Crippen molar-refractivity contribution in [2.75, 3.05) is 36.9 Å². The highest BCUT2D eigenvalue weighted by molar-refractivity contribution is 7.82. The van der Waals surface area contributed by atoms with Crippen molar-refractivity contribution in [3.63, 3.8) is 0 Å². The summed E-state index contributed by atoms with van der Waals surface area (Å²) in [6, 6.07) is 17.9. The highest BCUT2D eigenvalue weighted by atomic mass is 32.2. The molecule has 9 heteroatoms. The van der Waals surface area contributed by atoms with Gasteiger partial charge in [0.1, 0.15) is 22.6 Å². The average molecular weight is 502 g/mol. The number of fused-ring (bicyclic) bond motifs is 1. The zero-order chi connectivity index (χ0) is 24.5. The Balaban J connectivity index is 1.19. The van der Waals surface area contributed by atoms with Gasteiger partial charge in [0.05, 0.1) is 10.6 Å². The van der Waals surface area contributed by atoms with Crippen molar-refractivity contribution >= 4 is 34.0 Å². The van der Waals surface area contributed by atoms with Crippen LogP contribution in [0, 0.1) is 0 Å². The predicted molar refractivity (Wildman–Crippen MR) is 143 cm³/mol. The molecule has 8 nitrogen and oxygen atoms in total. The second-order valence-electron chi connectivity index (χ2n) is 9.63. The van der Waals surface area contributed by atoms with Crippen molar-refractivity contribution in [1.82, 2.24) is 23.9 Å². The van der Waals surface area contributed by atoms with Crippen LogP contribution in [0.15, 0.2) is 65.7 Å². The van der Waals surface area contributed by atoms with Gasteiger partial charge in [0.25, 0.3) is 0 Å². The standard InChI is InChI=1S/C27H31N7OS/c1-32(17-13-21-6-2-3-14-28-21)36(35)23-11-9-22(10-12-23)29-27-19-25(33-15-4-5-16-33)30-26-18-24(20-7-8-20)31-34(26)27/h2-3,6,9-12,14,18-20,29H,4-5,7-8,13,15-17H2,1H3. The van der Waals surface area contributed by atoms with Crippen LogP contribution in [-0.2, 0) is 17.4 Å². The van der Waals surface area contributed by atoms with E-state index in [-0.39, 0.29) is 0 Å². The lowest BCUT2D eigenvalue weighted by Crippen LogP contribution is -2.24. The van der Waals surface area contributed by atoms with E-state index in [1.54, 1.807) is 6.20 Å². The van der Waals surface area contributed by atoms with E-state index in [4.69, 9.17) is 10.1 Å². The number of pyridine rings is 1. The number of anilines is 3. The maximum atomic E-state index is 13.0. The zero-order valence-electron chi connectivity index (χ0n) is 20.5. The van der Waals surface area contributed by atoms with Crippen molar-refractivity contribution < 1.29 is 4.21 Å². The van der Waals surface area contributed by atoms with Gasteiger partial charge in [-0.2, -0.15) is 9.61 Å². The van der Waals surface area contributed by atoms with Crippen molar-refractivity contribution in [1.29, 1.82) is 0 Å². The molecule has 4 aromatic rings. The largest absolute Gasteiger partial charge is 0.356 e. The predicted octanol–water partition coefficient (Wildman–Crippen LogP) is 4.54. The fourth-order valence-electron chi connectivity index (χ4n) is 4.64. The number of hydrogen-bond acceptors (Lipinski definition) is 6. The summed E-state index contributed by atoms with van der Waals surface area (Å²) >= 11 is 0. The van der Waals surface area contributed by atoms with Gasteiger partial charge in [-0.3, -0.25) is 4.98 Å². The number of likely N-dealkylation sites (N-methyl/N-ethyl adjacent to an activating group) is 1. The van der Waals surface area contributed by atoms with E-state index in [2.05, 4.69) is 27.3 Å². The minimum atomic E-state index is -1.24. The van der Waals surface area contributed by atoms with E-state index >= 15 is 0 Å². The highest BCUT2D eigenvalue weighted by Gasteiger charge is 2.27. The van der Waals surface area contributed by atoms with E-state index in [0.717, 1.165) is 58.8 Å². The Morgan fingerprint density at radius 1 is 1.08 bits per heavy atom. The lowest BCUT2D eigenvalue weighted by atomic mass is 10.3. The molecule has 2 fully saturated rings. The third-order valence-corrected chi connectivity index (χ3v) is 8.30. The van der Waals surface area contributed by atoms with Crippen LogP contribution in [0.25, 0.3) is 5.65 Å². The third kappa shape index (κ3) is 4.99. The van der Waals surface area contributed by atoms with Crippen LogP contribution in [0.3, 0.4) is 0 Å². The minimum Gasteiger partial charge on any atom is -0.356 e. The molecule has 1 aliphatic heterocycles. The Labute approximate surface area is 214 Å². The molecule has 1 saturated heterocycles. The van der Waals surface area contributed by atoms with Crippen molar-refractivity contribution in [3.8, 4) is 0 Å². The Hall–Kier alpha value is -3.30. The summed E-state index contributed by atoms with van der Waals surface area (Å²) in [6.07, 6.45) is 7.38. The Morgan fingerprint density at radius 2 is 1.89 bits per heavy atom. The Morgan fingerprint density at radius 3 is 2.61 bits per heavy atom. The molecule has 1 aromatic carbocycles. The van der Waals surface area contributed by atoms with E-state index in [9.17, 15) is 4.21 Å². The molecule has 0 spiro atoms. The second kappa shape index (κ2) is 9.99. The topological polar surface area (TPSA) is 78.7 Å². The normalized spacial score (nSPS) is 16.7. The van der Waals surface area contributed by atoms with Gasteiger partial charge in [0.15, 0.2) is 5.65 Å². The molecular weight excluding hydrogens is 470 g/mol. The first-order chi connectivity index (χ1) is 17.6. The van der Waals surface area contributed by atoms with Crippen LogP contribution in [0.2, 0.25) is 0 Å². The lowest BCUT2D eigenvalue weighted by molar-refractivity contribution is 0.523. The first kappa shape index (κ1) is 23.1. The van der Waals surface area contributed by atoms with E-state index in [1.165, 1.54) is 25.7 Å². The number of aromatic nitrogens is 4. The molecular formula is C27H31N7OS. The molecule has 36 heavy (non-hydrogen) atoms. The quantitative estimate of drug-likeness (QED) is 0.363. The summed E-state index contributed by atoms with van der Waals surface area (Å²) in [5.41, 5.74) is 3.94. The number of nitrogens with zero attached hydrogens (tertiary/aromatic N) is 6. The van der Waals surface area contributed by atoms with Gasteiger partial charge < -0.3 is 10.2 Å². The molecule has 1 aliphatic carbocycles. The van der Waals surface area contributed by atoms with E-state index < -0.39 is 11.0 Å². The Bertz CT molecular complexity index is 1360. The summed E-state index contributed by atoms with van der Waals surface area (Å²) in [4.78, 5) is 12.4. The molecule has 0 bridgehead atoms. The van der Waals surface area contributed by atoms with Gasteiger partial charge in [-0.25, -0.2) is 13.5 Å². The number of hydrogen-bond donors (Lipinski definition) is 1. The molecule has 1 atom stereocenters. The number of rotatable bonds is 9. The van der Waals surface area contributed by atoms with E-state index in [0.29, 0.717) is 12.5 Å². The summed E-state index contributed by atoms with van der Waals surface area (Å²) in [6.45, 7) is 2.75. The fourth-order valence-corrected chi connectivity index (χ4v) is 5.62. The maximum absolute atomic E-state index is 13.0. The van der Waals surface area contributed by atoms with Crippen LogP contribution in [0.1, 0.15) is 43.0 Å². The van der Waals surface area contributed by atoms with Crippen LogP contribution < -0.4 is 10.2 Å². The molecule has 2 aliphatic rings. The lowest BCUT2D eigenvalue weighted by Gasteiger charge is -2.18. The summed E-state index contributed by atoms with van der Waals surface area (Å²) in [5.74, 6) is 2.46. The van der Waals surface area contributed by atoms with Crippen molar-refractivity contribution in [2.45, 2.75) is 42.9 Å². The molecule has 0 radical (unpaired) electrons. The Kier molecular flexibility index (Phi) is 6.41. The number of nitrogens with one attached hydrogen (secondary N) is 1. The van der Waals surface area contributed by atoms with Gasteiger partial charge in [0, 0.05) is 68.7 Å². The zero-order valence-corrected chi connectivity index (χ0v) is 21.3. The molecule has 1 saturated carbocycles. The highest BCUT2D eigenvalue weighted by Crippen LogP contribution is 2.40. The maximum Gasteiger partial charge on any atom is 0.160 e. The molecule has 0 amide bonds. The van der Waals surface area contributed by atoms with Gasteiger partial charge >= 0.3 is 0 Å². The van der Waals surface area contributed by atoms with Gasteiger partial charge in [-0.15, -0.1) is 0 Å². The van der Waals surface area contributed by atoms with Crippen molar-refractivity contribution in [3.05, 3.63) is 72.2 Å². The van der Waals surface area contributed by atoms with Crippen LogP contribution in [0.5, 0.6) is 0 Å². The van der Waals surface area contributed by atoms with Gasteiger partial charge in [-0.1, -0.05) is 6.07 Å². The second-order valence-corrected chi connectivity index (χ2v) is 11.2. The molecule has 4 heterocycles. The minimum absolute atomic E-state index is 0.568. The first-order valence-corrected chi connectivity index (χ1v) is 13.8. The molecule has 1 N–H and O–H groups in total. The SMILES string of the molecule is CN(CCc1ccccn1)S(=O)c1ccc(Nc2cc(N3CCCC3)nc3cc(C4CC4)nn23)cc1. The first-order valence-electron chi connectivity index (χ1n) is 12.7. The summed E-state index contributed by atoms with van der Waals surface area (Å²) < 4.78 is 16.8. The van der Waals surface area contributed by atoms with Gasteiger partial charge in [-0.05, 0) is 62.1 Å². The monoisotopic (exact) mass is 501 g/mol. The molecule has 1 unspecified atom stereocenters. The smallest absolute Gasteiger partial charge is 0.160 e. The van der Waals surface area contributed by atoms with E-state index in [1.807, 2.05) is 58.3 Å². The van der Waals surface area contributed by atoms with Crippen LogP contribution in [0.4, 0.5) is 17.3 Å². The fraction of sp³-hybridized carbons (Fsp3) is 0.370. The average Bonchev–Trinajstić information content (AvgIpc) is 3.43. The van der Waals surface area contributed by atoms with Crippen LogP contribution >= 0.6 is 0 Å².